The fourth-order valence-electron chi connectivity index (χ4n) is 1.86. The van der Waals surface area contributed by atoms with Crippen LogP contribution >= 0.6 is 0 Å². The first kappa shape index (κ1) is 10.9. The average molecular weight is 192 g/mol. The van der Waals surface area contributed by atoms with E-state index in [1.807, 2.05) is 51.5 Å². The molecule has 0 spiro atoms. The smallest absolute Gasteiger partial charge is 0.191 e. The van der Waals surface area contributed by atoms with E-state index in [4.69, 9.17) is 0 Å². The molecule has 1 aromatic rings. The second-order valence-corrected chi connectivity index (χ2v) is 4.54. The van der Waals surface area contributed by atoms with Crippen LogP contribution in [0.4, 0.5) is 0 Å². The maximum atomic E-state index is 11.6. The first-order valence-electron chi connectivity index (χ1n) is 4.79. The zero-order valence-electron chi connectivity index (χ0n) is 9.32. The van der Waals surface area contributed by atoms with Crippen molar-refractivity contribution in [1.29, 1.82) is 0 Å². The molecule has 0 heterocycles. The summed E-state index contributed by atoms with van der Waals surface area (Å²) in [6, 6.07) is 9.87. The van der Waals surface area contributed by atoms with E-state index >= 15 is 0 Å². The van der Waals surface area contributed by atoms with E-state index in [9.17, 15) is 4.79 Å². The van der Waals surface area contributed by atoms with Gasteiger partial charge in [-0.25, -0.2) is 0 Å². The monoisotopic (exact) mass is 192 g/mol. The van der Waals surface area contributed by atoms with Crippen LogP contribution in [0.5, 0.6) is 0 Å². The van der Waals surface area contributed by atoms with Crippen LogP contribution in [0.25, 0.3) is 0 Å². The molecule has 0 N–H and O–H groups in total. The minimum Gasteiger partial charge on any atom is -0.318 e. The van der Waals surface area contributed by atoms with E-state index in [1.54, 1.807) is 6.92 Å². The Hall–Kier alpha value is -1.15. The molecule has 2 nitrogen and oxygen atoms in total. The van der Waals surface area contributed by atoms with E-state index in [-0.39, 0.29) is 11.8 Å². The average Bonchev–Trinajstić information content (AvgIpc) is 2.02. The fourth-order valence-corrected chi connectivity index (χ4v) is 1.86. The van der Waals surface area contributed by atoms with Crippen molar-refractivity contribution >= 4 is 5.78 Å². The minimum atomic E-state index is -0.0591. The van der Waals surface area contributed by atoms with Crippen LogP contribution in [0.15, 0.2) is 30.3 Å². The number of carbonyl (C=O) groups is 1. The number of carbonyl (C=O) groups excluding carboxylic acids is 1. The Labute approximate surface area is 85.8 Å². The lowest BCUT2D eigenvalue weighted by Crippen LogP contribution is -2.42. The van der Waals surface area contributed by atoms with Gasteiger partial charge in [0.2, 0.25) is 0 Å². The molecule has 0 aliphatic rings. The third-order valence-corrected chi connectivity index (χ3v) is 2.27. The van der Waals surface area contributed by atoms with Gasteiger partial charge in [-0.05, 0) is 0 Å². The maximum Gasteiger partial charge on any atom is 0.191 e. The topological polar surface area (TPSA) is 17.1 Å². The van der Waals surface area contributed by atoms with E-state index in [0.29, 0.717) is 4.48 Å². The van der Waals surface area contributed by atoms with Crippen molar-refractivity contribution in [3.8, 4) is 0 Å². The molecule has 0 saturated carbocycles. The Morgan fingerprint density at radius 1 is 1.14 bits per heavy atom. The molecule has 0 bridgehead atoms. The standard InChI is InChI=1S/C12H18NO/c1-10(14)12(13(2,3)4)11-8-6-5-7-9-11/h5-9,12H,1-4H3/q+1. The van der Waals surface area contributed by atoms with Gasteiger partial charge in [-0.15, -0.1) is 0 Å². The predicted octanol–water partition coefficient (Wildman–Crippen LogP) is 2.02. The molecule has 2 heteroatoms. The van der Waals surface area contributed by atoms with Gasteiger partial charge in [0.25, 0.3) is 0 Å². The summed E-state index contributed by atoms with van der Waals surface area (Å²) in [7, 11) is 6.12. The lowest BCUT2D eigenvalue weighted by molar-refractivity contribution is -0.892. The van der Waals surface area contributed by atoms with E-state index in [1.165, 1.54) is 0 Å². The van der Waals surface area contributed by atoms with Gasteiger partial charge in [0.1, 0.15) is 0 Å². The third-order valence-electron chi connectivity index (χ3n) is 2.27. The van der Waals surface area contributed by atoms with E-state index in [2.05, 4.69) is 0 Å². The summed E-state index contributed by atoms with van der Waals surface area (Å²) >= 11 is 0. The second kappa shape index (κ2) is 3.93. The van der Waals surface area contributed by atoms with Crippen LogP contribution in [0.3, 0.4) is 0 Å². The van der Waals surface area contributed by atoms with Crippen LogP contribution in [0, 0.1) is 0 Å². The summed E-state index contributed by atoms with van der Waals surface area (Å²) in [5, 5.41) is 0. The highest BCUT2D eigenvalue weighted by atomic mass is 16.1. The number of benzene rings is 1. The maximum absolute atomic E-state index is 11.6. The van der Waals surface area contributed by atoms with Crippen molar-refractivity contribution in [3.63, 3.8) is 0 Å². The molecular formula is C12H18NO+. The summed E-state index contributed by atoms with van der Waals surface area (Å²) in [5.74, 6) is 0.212. The predicted molar refractivity (Wildman–Crippen MR) is 57.9 cm³/mol. The lowest BCUT2D eigenvalue weighted by Gasteiger charge is -2.32. The molecule has 0 amide bonds. The van der Waals surface area contributed by atoms with Crippen molar-refractivity contribution in [2.24, 2.45) is 0 Å². The Kier molecular flexibility index (Phi) is 3.06. The number of hydrogen-bond acceptors (Lipinski definition) is 1. The van der Waals surface area contributed by atoms with Gasteiger partial charge in [0.05, 0.1) is 21.1 Å². The minimum absolute atomic E-state index is 0.0591. The number of hydrogen-bond donors (Lipinski definition) is 0. The van der Waals surface area contributed by atoms with Crippen LogP contribution in [0.2, 0.25) is 0 Å². The number of Topliss-reactive ketones (excluding diaryl/α,β-unsaturated/α-hetero) is 1. The molecule has 14 heavy (non-hydrogen) atoms. The molecular weight excluding hydrogens is 174 g/mol. The van der Waals surface area contributed by atoms with Crippen molar-refractivity contribution in [2.45, 2.75) is 13.0 Å². The quantitative estimate of drug-likeness (QED) is 0.670. The Balaban J connectivity index is 3.08. The van der Waals surface area contributed by atoms with E-state index in [0.717, 1.165) is 5.56 Å². The number of rotatable bonds is 3. The molecule has 1 aromatic carbocycles. The van der Waals surface area contributed by atoms with Crippen molar-refractivity contribution < 1.29 is 9.28 Å². The summed E-state index contributed by atoms with van der Waals surface area (Å²) in [6.45, 7) is 1.65. The van der Waals surface area contributed by atoms with Gasteiger partial charge in [-0.2, -0.15) is 0 Å². The van der Waals surface area contributed by atoms with Gasteiger partial charge in [0.15, 0.2) is 11.8 Å². The Morgan fingerprint density at radius 3 is 2.00 bits per heavy atom. The summed E-state index contributed by atoms with van der Waals surface area (Å²) < 4.78 is 0.638. The van der Waals surface area contributed by atoms with Gasteiger partial charge in [-0.3, -0.25) is 4.79 Å². The van der Waals surface area contributed by atoms with Crippen molar-refractivity contribution in [2.75, 3.05) is 21.1 Å². The van der Waals surface area contributed by atoms with Gasteiger partial charge >= 0.3 is 0 Å². The first-order valence-corrected chi connectivity index (χ1v) is 4.79. The lowest BCUT2D eigenvalue weighted by atomic mass is 10.0. The third kappa shape index (κ3) is 2.42. The summed E-state index contributed by atoms with van der Waals surface area (Å²) in [5.41, 5.74) is 1.09. The molecule has 0 aromatic heterocycles. The highest BCUT2D eigenvalue weighted by Gasteiger charge is 2.29. The number of likely N-dealkylation sites (N-methyl/N-ethyl adjacent to an activating group) is 1. The normalized spacial score (nSPS) is 13.7. The number of ketones is 1. The highest BCUT2D eigenvalue weighted by molar-refractivity contribution is 5.81. The molecule has 1 rings (SSSR count). The molecule has 0 fully saturated rings. The Bertz CT molecular complexity index is 311. The van der Waals surface area contributed by atoms with Crippen LogP contribution in [-0.4, -0.2) is 31.4 Å². The summed E-state index contributed by atoms with van der Waals surface area (Å²) in [4.78, 5) is 11.6. The zero-order chi connectivity index (χ0) is 10.8. The SMILES string of the molecule is CC(=O)C(c1ccccc1)[N+](C)(C)C. The number of nitrogens with zero attached hydrogens (tertiary/aromatic N) is 1. The van der Waals surface area contributed by atoms with Gasteiger partial charge in [0, 0.05) is 12.5 Å². The molecule has 0 saturated heterocycles. The molecule has 1 atom stereocenters. The second-order valence-electron chi connectivity index (χ2n) is 4.54. The van der Waals surface area contributed by atoms with E-state index < -0.39 is 0 Å². The number of quaternary nitrogens is 1. The van der Waals surface area contributed by atoms with Crippen molar-refractivity contribution in [3.05, 3.63) is 35.9 Å². The molecule has 0 aliphatic heterocycles. The highest BCUT2D eigenvalue weighted by Crippen LogP contribution is 2.23. The fraction of sp³-hybridized carbons (Fsp3) is 0.417. The molecule has 0 aliphatic carbocycles. The largest absolute Gasteiger partial charge is 0.318 e. The molecule has 0 radical (unpaired) electrons. The van der Waals surface area contributed by atoms with Crippen LogP contribution in [-0.2, 0) is 4.79 Å². The van der Waals surface area contributed by atoms with Crippen LogP contribution in [0.1, 0.15) is 18.5 Å². The Morgan fingerprint density at radius 2 is 1.64 bits per heavy atom. The zero-order valence-corrected chi connectivity index (χ0v) is 9.32. The van der Waals surface area contributed by atoms with Crippen LogP contribution < -0.4 is 0 Å². The molecule has 1 unspecified atom stereocenters. The van der Waals surface area contributed by atoms with Crippen molar-refractivity contribution in [1.82, 2.24) is 0 Å². The first-order chi connectivity index (χ1) is 6.43. The van der Waals surface area contributed by atoms with Gasteiger partial charge in [-0.1, -0.05) is 30.3 Å². The molecule has 76 valence electrons. The van der Waals surface area contributed by atoms with Gasteiger partial charge < -0.3 is 4.48 Å². The summed E-state index contributed by atoms with van der Waals surface area (Å²) in [6.07, 6.45) is 0.